The van der Waals surface area contributed by atoms with E-state index in [1.165, 1.54) is 17.5 Å². The Morgan fingerprint density at radius 2 is 1.48 bits per heavy atom. The Hall–Kier alpha value is -2.82. The van der Waals surface area contributed by atoms with Gasteiger partial charge in [-0.05, 0) is 67.1 Å². The molecule has 0 radical (unpaired) electrons. The Balaban J connectivity index is 1.64. The molecule has 0 spiro atoms. The fourth-order valence-corrected chi connectivity index (χ4v) is 3.06. The maximum absolute atomic E-state index is 12.3. The second-order valence-electron chi connectivity index (χ2n) is 6.54. The molecule has 0 aromatic heterocycles. The van der Waals surface area contributed by atoms with Crippen LogP contribution in [0, 0.1) is 0 Å². The number of rotatable bonds is 3. The lowest BCUT2D eigenvalue weighted by atomic mass is 9.90. The smallest absolute Gasteiger partial charge is 0.269 e. The van der Waals surface area contributed by atoms with Gasteiger partial charge >= 0.3 is 0 Å². The molecule has 2 aromatic rings. The molecule has 0 saturated carbocycles. The Labute approximate surface area is 148 Å². The number of benzene rings is 2. The molecule has 1 aliphatic carbocycles. The number of aryl methyl sites for hydroxylation is 2. The predicted molar refractivity (Wildman–Crippen MR) is 98.8 cm³/mol. The summed E-state index contributed by atoms with van der Waals surface area (Å²) in [5.41, 5.74) is 9.55. The van der Waals surface area contributed by atoms with Gasteiger partial charge in [-0.1, -0.05) is 12.1 Å². The van der Waals surface area contributed by atoms with Crippen molar-refractivity contribution in [2.24, 2.45) is 0 Å². The minimum absolute atomic E-state index is 0.300. The van der Waals surface area contributed by atoms with Gasteiger partial charge in [0.2, 0.25) is 0 Å². The van der Waals surface area contributed by atoms with Crippen LogP contribution >= 0.6 is 0 Å². The molecule has 25 heavy (non-hydrogen) atoms. The summed E-state index contributed by atoms with van der Waals surface area (Å²) in [6.45, 7) is 0. The van der Waals surface area contributed by atoms with E-state index in [2.05, 4.69) is 10.9 Å². The van der Waals surface area contributed by atoms with Crippen molar-refractivity contribution in [3.63, 3.8) is 0 Å². The number of anilines is 1. The normalized spacial score (nSPS) is 12.9. The van der Waals surface area contributed by atoms with E-state index in [0.29, 0.717) is 11.1 Å². The first-order valence-corrected chi connectivity index (χ1v) is 8.54. The number of hydrogen-bond acceptors (Lipinski definition) is 3. The Kier molecular flexibility index (Phi) is 5.03. The van der Waals surface area contributed by atoms with Gasteiger partial charge in [0.05, 0.1) is 0 Å². The third kappa shape index (κ3) is 3.99. The maximum Gasteiger partial charge on any atom is 0.269 e. The molecule has 0 saturated heterocycles. The summed E-state index contributed by atoms with van der Waals surface area (Å²) in [5.74, 6) is -0.638. The van der Waals surface area contributed by atoms with Crippen LogP contribution in [-0.4, -0.2) is 25.9 Å². The molecule has 130 valence electrons. The van der Waals surface area contributed by atoms with Gasteiger partial charge in [-0.25, -0.2) is 0 Å². The molecule has 5 heteroatoms. The standard InChI is InChI=1S/C20H23N3O2/c1-23(2)18-9-5-8-16(13-18)19(24)21-22-20(25)17-11-10-14-6-3-4-7-15(14)12-17/h5,8-13H,3-4,6-7H2,1-2H3,(H,21,24)(H,22,25). The van der Waals surface area contributed by atoms with Crippen LogP contribution in [0.2, 0.25) is 0 Å². The van der Waals surface area contributed by atoms with Crippen molar-refractivity contribution < 1.29 is 9.59 Å². The van der Waals surface area contributed by atoms with Crippen molar-refractivity contribution in [1.29, 1.82) is 0 Å². The zero-order valence-corrected chi connectivity index (χ0v) is 14.6. The van der Waals surface area contributed by atoms with Gasteiger partial charge in [-0.2, -0.15) is 0 Å². The van der Waals surface area contributed by atoms with Crippen molar-refractivity contribution in [3.8, 4) is 0 Å². The number of hydrazine groups is 1. The van der Waals surface area contributed by atoms with Gasteiger partial charge in [0.15, 0.2) is 0 Å². The van der Waals surface area contributed by atoms with Crippen molar-refractivity contribution >= 4 is 17.5 Å². The molecule has 5 nitrogen and oxygen atoms in total. The monoisotopic (exact) mass is 337 g/mol. The van der Waals surface area contributed by atoms with E-state index in [-0.39, 0.29) is 11.8 Å². The van der Waals surface area contributed by atoms with E-state index in [9.17, 15) is 9.59 Å². The summed E-state index contributed by atoms with van der Waals surface area (Å²) >= 11 is 0. The summed E-state index contributed by atoms with van der Waals surface area (Å²) in [7, 11) is 3.82. The zero-order chi connectivity index (χ0) is 17.8. The first-order chi connectivity index (χ1) is 12.0. The van der Waals surface area contributed by atoms with E-state index < -0.39 is 0 Å². The van der Waals surface area contributed by atoms with Crippen LogP contribution in [-0.2, 0) is 12.8 Å². The minimum atomic E-state index is -0.338. The van der Waals surface area contributed by atoms with E-state index in [4.69, 9.17) is 0 Å². The number of fused-ring (bicyclic) bond motifs is 1. The number of hydrogen-bond donors (Lipinski definition) is 2. The number of carbonyl (C=O) groups is 2. The SMILES string of the molecule is CN(C)c1cccc(C(=O)NNC(=O)c2ccc3c(c2)CCCC3)c1. The number of nitrogens with zero attached hydrogens (tertiary/aromatic N) is 1. The first-order valence-electron chi connectivity index (χ1n) is 8.54. The molecular formula is C20H23N3O2. The quantitative estimate of drug-likeness (QED) is 0.847. The van der Waals surface area contributed by atoms with Crippen LogP contribution in [0.4, 0.5) is 5.69 Å². The summed E-state index contributed by atoms with van der Waals surface area (Å²) in [6.07, 6.45) is 4.47. The molecule has 0 bridgehead atoms. The topological polar surface area (TPSA) is 61.4 Å². The van der Waals surface area contributed by atoms with Crippen LogP contribution < -0.4 is 15.8 Å². The molecule has 2 N–H and O–H groups in total. The van der Waals surface area contributed by atoms with E-state index in [1.807, 2.05) is 49.3 Å². The molecule has 3 rings (SSSR count). The van der Waals surface area contributed by atoms with Crippen molar-refractivity contribution in [1.82, 2.24) is 10.9 Å². The lowest BCUT2D eigenvalue weighted by Crippen LogP contribution is -2.41. The van der Waals surface area contributed by atoms with Crippen LogP contribution in [0.1, 0.15) is 44.7 Å². The highest BCUT2D eigenvalue weighted by molar-refractivity contribution is 5.99. The summed E-state index contributed by atoms with van der Waals surface area (Å²) < 4.78 is 0. The molecule has 0 heterocycles. The Morgan fingerprint density at radius 1 is 0.840 bits per heavy atom. The molecule has 0 atom stereocenters. The average Bonchev–Trinajstić information content (AvgIpc) is 2.65. The van der Waals surface area contributed by atoms with Gasteiger partial charge in [-0.3, -0.25) is 20.4 Å². The van der Waals surface area contributed by atoms with Crippen LogP contribution in [0.5, 0.6) is 0 Å². The number of nitrogens with one attached hydrogen (secondary N) is 2. The van der Waals surface area contributed by atoms with Crippen LogP contribution in [0.15, 0.2) is 42.5 Å². The van der Waals surface area contributed by atoms with E-state index in [1.54, 1.807) is 12.1 Å². The number of amides is 2. The lowest BCUT2D eigenvalue weighted by Gasteiger charge is -2.16. The highest BCUT2D eigenvalue weighted by Crippen LogP contribution is 2.22. The van der Waals surface area contributed by atoms with Gasteiger partial charge in [0.25, 0.3) is 11.8 Å². The third-order valence-electron chi connectivity index (χ3n) is 4.52. The van der Waals surface area contributed by atoms with Gasteiger partial charge < -0.3 is 4.90 Å². The summed E-state index contributed by atoms with van der Waals surface area (Å²) in [6, 6.07) is 13.0. The van der Waals surface area contributed by atoms with Gasteiger partial charge in [0.1, 0.15) is 0 Å². The fraction of sp³-hybridized carbons (Fsp3) is 0.300. The lowest BCUT2D eigenvalue weighted by molar-refractivity contribution is 0.0846. The van der Waals surface area contributed by atoms with Crippen LogP contribution in [0.3, 0.4) is 0 Å². The van der Waals surface area contributed by atoms with Crippen molar-refractivity contribution in [2.45, 2.75) is 25.7 Å². The first kappa shape index (κ1) is 17.0. The molecule has 0 unspecified atom stereocenters. The molecule has 1 aliphatic rings. The van der Waals surface area contributed by atoms with Crippen LogP contribution in [0.25, 0.3) is 0 Å². The molecule has 0 aliphatic heterocycles. The van der Waals surface area contributed by atoms with Crippen molar-refractivity contribution in [2.75, 3.05) is 19.0 Å². The van der Waals surface area contributed by atoms with Crippen molar-refractivity contribution in [3.05, 3.63) is 64.7 Å². The Bertz CT molecular complexity index is 799. The fourth-order valence-electron chi connectivity index (χ4n) is 3.06. The van der Waals surface area contributed by atoms with E-state index in [0.717, 1.165) is 24.9 Å². The average molecular weight is 337 g/mol. The Morgan fingerprint density at radius 3 is 2.16 bits per heavy atom. The van der Waals surface area contributed by atoms with Gasteiger partial charge in [0, 0.05) is 30.9 Å². The maximum atomic E-state index is 12.3. The highest BCUT2D eigenvalue weighted by Gasteiger charge is 2.14. The largest absolute Gasteiger partial charge is 0.378 e. The predicted octanol–water partition coefficient (Wildman–Crippen LogP) is 2.71. The second kappa shape index (κ2) is 7.38. The molecular weight excluding hydrogens is 314 g/mol. The third-order valence-corrected chi connectivity index (χ3v) is 4.52. The molecule has 2 amide bonds. The molecule has 2 aromatic carbocycles. The summed E-state index contributed by atoms with van der Waals surface area (Å²) in [5, 5.41) is 0. The zero-order valence-electron chi connectivity index (χ0n) is 14.6. The number of carbonyl (C=O) groups excluding carboxylic acids is 2. The van der Waals surface area contributed by atoms with E-state index >= 15 is 0 Å². The second-order valence-corrected chi connectivity index (χ2v) is 6.54. The minimum Gasteiger partial charge on any atom is -0.378 e. The highest BCUT2D eigenvalue weighted by atomic mass is 16.2. The van der Waals surface area contributed by atoms with Gasteiger partial charge in [-0.15, -0.1) is 0 Å². The molecule has 0 fully saturated rings. The summed E-state index contributed by atoms with van der Waals surface area (Å²) in [4.78, 5) is 26.5.